The molecule has 1 saturated heterocycles. The molecule has 0 bridgehead atoms. The molecular formula is C23H24ClN3O3. The topological polar surface area (TPSA) is 74.4 Å². The van der Waals surface area contributed by atoms with Gasteiger partial charge in [0, 0.05) is 24.2 Å². The lowest BCUT2D eigenvalue weighted by Crippen LogP contribution is -2.40. The molecular weight excluding hydrogens is 402 g/mol. The van der Waals surface area contributed by atoms with Crippen molar-refractivity contribution in [3.8, 4) is 0 Å². The molecule has 2 N–H and O–H groups in total. The lowest BCUT2D eigenvalue weighted by molar-refractivity contribution is 0.0818. The van der Waals surface area contributed by atoms with Gasteiger partial charge in [-0.05, 0) is 55.0 Å². The monoisotopic (exact) mass is 425 g/mol. The number of amides is 2. The third-order valence-corrected chi connectivity index (χ3v) is 5.62. The van der Waals surface area contributed by atoms with E-state index >= 15 is 0 Å². The van der Waals surface area contributed by atoms with Crippen molar-refractivity contribution >= 4 is 34.2 Å². The molecule has 0 aliphatic carbocycles. The number of pyridine rings is 1. The van der Waals surface area contributed by atoms with Crippen LogP contribution in [0, 0.1) is 6.92 Å². The summed E-state index contributed by atoms with van der Waals surface area (Å²) in [6, 6.07) is 14.5. The van der Waals surface area contributed by atoms with E-state index in [0.29, 0.717) is 29.4 Å². The summed E-state index contributed by atoms with van der Waals surface area (Å²) >= 11 is 6.19. The van der Waals surface area contributed by atoms with E-state index in [-0.39, 0.29) is 24.2 Å². The second kappa shape index (κ2) is 8.90. The molecule has 0 radical (unpaired) electrons. The number of ether oxygens (including phenoxy) is 1. The summed E-state index contributed by atoms with van der Waals surface area (Å²) in [6.07, 6.45) is 1.83. The molecule has 156 valence electrons. The summed E-state index contributed by atoms with van der Waals surface area (Å²) in [5.74, 6) is 0. The molecule has 30 heavy (non-hydrogen) atoms. The van der Waals surface area contributed by atoms with Crippen LogP contribution >= 0.6 is 11.6 Å². The fourth-order valence-corrected chi connectivity index (χ4v) is 3.88. The zero-order chi connectivity index (χ0) is 21.1. The molecule has 1 aliphatic heterocycles. The number of hydrogen-bond acceptors (Lipinski definition) is 3. The molecule has 1 atom stereocenters. The average Bonchev–Trinajstić information content (AvgIpc) is 3.23. The van der Waals surface area contributed by atoms with Crippen molar-refractivity contribution in [1.29, 1.82) is 0 Å². The number of carbonyl (C=O) groups excluding carboxylic acids is 1. The highest BCUT2D eigenvalue weighted by Gasteiger charge is 2.24. The van der Waals surface area contributed by atoms with Gasteiger partial charge in [0.1, 0.15) is 0 Å². The van der Waals surface area contributed by atoms with Crippen molar-refractivity contribution in [2.45, 2.75) is 32.4 Å². The lowest BCUT2D eigenvalue weighted by Gasteiger charge is -2.26. The van der Waals surface area contributed by atoms with Crippen LogP contribution in [-0.4, -0.2) is 35.2 Å². The fourth-order valence-electron chi connectivity index (χ4n) is 3.69. The van der Waals surface area contributed by atoms with Gasteiger partial charge in [-0.15, -0.1) is 0 Å². The number of rotatable bonds is 5. The van der Waals surface area contributed by atoms with Crippen molar-refractivity contribution in [3.05, 3.63) is 75.0 Å². The molecule has 1 fully saturated rings. The number of aromatic nitrogens is 1. The Labute approximate surface area is 179 Å². The van der Waals surface area contributed by atoms with E-state index in [0.717, 1.165) is 29.3 Å². The van der Waals surface area contributed by atoms with E-state index in [4.69, 9.17) is 16.3 Å². The molecule has 1 unspecified atom stereocenters. The number of benzene rings is 2. The Morgan fingerprint density at radius 2 is 2.10 bits per heavy atom. The van der Waals surface area contributed by atoms with Gasteiger partial charge in [-0.2, -0.15) is 0 Å². The standard InChI is InChI=1S/C23H24ClN3O3/c1-15-8-9-16-12-17(22(28)25-21(16)11-15)13-27(14-18-5-4-10-30-18)23(29)26-20-7-3-2-6-19(20)24/h2-3,6-9,11-12,18H,4-5,10,13-14H2,1H3,(H,25,28)(H,26,29). The maximum Gasteiger partial charge on any atom is 0.322 e. The van der Waals surface area contributed by atoms with Gasteiger partial charge in [-0.3, -0.25) is 4.79 Å². The maximum absolute atomic E-state index is 13.1. The first-order valence-corrected chi connectivity index (χ1v) is 10.4. The first-order chi connectivity index (χ1) is 14.5. The van der Waals surface area contributed by atoms with E-state index < -0.39 is 0 Å². The molecule has 3 aromatic rings. The maximum atomic E-state index is 13.1. The van der Waals surface area contributed by atoms with Crippen LogP contribution in [0.15, 0.2) is 53.3 Å². The van der Waals surface area contributed by atoms with Gasteiger partial charge in [0.25, 0.3) is 5.56 Å². The Balaban J connectivity index is 1.61. The second-order valence-corrected chi connectivity index (χ2v) is 8.05. The van der Waals surface area contributed by atoms with Crippen molar-refractivity contribution in [2.24, 2.45) is 0 Å². The summed E-state index contributed by atoms with van der Waals surface area (Å²) in [5, 5.41) is 4.25. The Kier molecular flexibility index (Phi) is 6.06. The molecule has 2 heterocycles. The Morgan fingerprint density at radius 3 is 2.87 bits per heavy atom. The van der Waals surface area contributed by atoms with Crippen LogP contribution in [0.5, 0.6) is 0 Å². The van der Waals surface area contributed by atoms with E-state index in [1.165, 1.54) is 0 Å². The van der Waals surface area contributed by atoms with Crippen LogP contribution in [0.3, 0.4) is 0 Å². The Hall–Kier alpha value is -2.83. The highest BCUT2D eigenvalue weighted by Crippen LogP contribution is 2.22. The van der Waals surface area contributed by atoms with Crippen molar-refractivity contribution in [3.63, 3.8) is 0 Å². The summed E-state index contributed by atoms with van der Waals surface area (Å²) in [4.78, 5) is 30.3. The number of carbonyl (C=O) groups is 1. The predicted octanol–water partition coefficient (Wildman–Crippen LogP) is 4.70. The molecule has 6 nitrogen and oxygen atoms in total. The molecule has 0 spiro atoms. The van der Waals surface area contributed by atoms with E-state index in [9.17, 15) is 9.59 Å². The number of aryl methyl sites for hydroxylation is 1. The third-order valence-electron chi connectivity index (χ3n) is 5.29. The minimum Gasteiger partial charge on any atom is -0.376 e. The van der Waals surface area contributed by atoms with Crippen LogP contribution in [0.2, 0.25) is 5.02 Å². The van der Waals surface area contributed by atoms with E-state index in [1.807, 2.05) is 37.3 Å². The molecule has 1 aromatic heterocycles. The lowest BCUT2D eigenvalue weighted by atomic mass is 10.1. The van der Waals surface area contributed by atoms with Crippen LogP contribution in [0.1, 0.15) is 24.0 Å². The van der Waals surface area contributed by atoms with Crippen LogP contribution in [0.25, 0.3) is 10.9 Å². The van der Waals surface area contributed by atoms with E-state index in [1.54, 1.807) is 23.1 Å². The number of para-hydroxylation sites is 1. The normalized spacial score (nSPS) is 16.0. The number of anilines is 1. The largest absolute Gasteiger partial charge is 0.376 e. The molecule has 2 amide bonds. The molecule has 1 aliphatic rings. The SMILES string of the molecule is Cc1ccc2cc(CN(CC3CCCO3)C(=O)Nc3ccccc3Cl)c(=O)[nH]c2c1. The van der Waals surface area contributed by atoms with Gasteiger partial charge in [-0.1, -0.05) is 35.9 Å². The van der Waals surface area contributed by atoms with Crippen LogP contribution in [0.4, 0.5) is 10.5 Å². The number of halogens is 1. The summed E-state index contributed by atoms with van der Waals surface area (Å²) in [5.41, 5.74) is 2.72. The Bertz CT molecular complexity index is 1120. The summed E-state index contributed by atoms with van der Waals surface area (Å²) < 4.78 is 5.73. The molecule has 2 aromatic carbocycles. The zero-order valence-corrected chi connectivity index (χ0v) is 17.5. The van der Waals surface area contributed by atoms with Crippen molar-refractivity contribution in [2.75, 3.05) is 18.5 Å². The highest BCUT2D eigenvalue weighted by atomic mass is 35.5. The number of nitrogens with zero attached hydrogens (tertiary/aromatic N) is 1. The number of H-pyrrole nitrogens is 1. The first-order valence-electron chi connectivity index (χ1n) is 10.0. The van der Waals surface area contributed by atoms with Gasteiger partial charge < -0.3 is 19.9 Å². The minimum absolute atomic E-state index is 0.0378. The number of fused-ring (bicyclic) bond motifs is 1. The number of hydrogen-bond donors (Lipinski definition) is 2. The summed E-state index contributed by atoms with van der Waals surface area (Å²) in [6.45, 7) is 3.26. The quantitative estimate of drug-likeness (QED) is 0.622. The van der Waals surface area contributed by atoms with Crippen LogP contribution < -0.4 is 10.9 Å². The average molecular weight is 426 g/mol. The minimum atomic E-state index is -0.318. The van der Waals surface area contributed by atoms with Crippen molar-refractivity contribution in [1.82, 2.24) is 9.88 Å². The zero-order valence-electron chi connectivity index (χ0n) is 16.8. The Morgan fingerprint density at radius 1 is 1.27 bits per heavy atom. The third kappa shape index (κ3) is 4.66. The van der Waals surface area contributed by atoms with Gasteiger partial charge in [0.2, 0.25) is 0 Å². The molecule has 4 rings (SSSR count). The number of urea groups is 1. The second-order valence-electron chi connectivity index (χ2n) is 7.64. The van der Waals surface area contributed by atoms with Gasteiger partial charge in [0.15, 0.2) is 0 Å². The molecule has 7 heteroatoms. The highest BCUT2D eigenvalue weighted by molar-refractivity contribution is 6.33. The summed E-state index contributed by atoms with van der Waals surface area (Å²) in [7, 11) is 0. The van der Waals surface area contributed by atoms with Gasteiger partial charge in [0.05, 0.1) is 23.4 Å². The van der Waals surface area contributed by atoms with Crippen LogP contribution in [-0.2, 0) is 11.3 Å². The van der Waals surface area contributed by atoms with Gasteiger partial charge in [-0.25, -0.2) is 4.79 Å². The first kappa shape index (κ1) is 20.4. The smallest absolute Gasteiger partial charge is 0.322 e. The fraction of sp³-hybridized carbons (Fsp3) is 0.304. The molecule has 0 saturated carbocycles. The van der Waals surface area contributed by atoms with Crippen molar-refractivity contribution < 1.29 is 9.53 Å². The van der Waals surface area contributed by atoms with E-state index in [2.05, 4.69) is 10.3 Å². The number of nitrogens with one attached hydrogen (secondary N) is 2. The predicted molar refractivity (Wildman–Crippen MR) is 119 cm³/mol. The number of aromatic amines is 1. The van der Waals surface area contributed by atoms with Gasteiger partial charge >= 0.3 is 6.03 Å².